The van der Waals surface area contributed by atoms with Gasteiger partial charge in [-0.25, -0.2) is 9.00 Å². The van der Waals surface area contributed by atoms with Crippen LogP contribution < -0.4 is 0 Å². The molecule has 1 saturated heterocycles. The second-order valence-electron chi connectivity index (χ2n) is 11.4. The predicted molar refractivity (Wildman–Crippen MR) is 126 cm³/mol. The highest BCUT2D eigenvalue weighted by Crippen LogP contribution is 2.48. The minimum absolute atomic E-state index is 0.149. The number of ether oxygens (including phenoxy) is 1. The minimum Gasteiger partial charge on any atom is -0.444 e. The number of carbonyl (C=O) groups excluding carboxylic acids is 1. The molecule has 0 N–H and O–H groups in total. The van der Waals surface area contributed by atoms with Crippen molar-refractivity contribution < 1.29 is 13.7 Å². The first-order valence-corrected chi connectivity index (χ1v) is 12.6. The van der Waals surface area contributed by atoms with Crippen LogP contribution in [0, 0.1) is 5.41 Å². The summed E-state index contributed by atoms with van der Waals surface area (Å²) in [5, 5.41) is 0. The van der Waals surface area contributed by atoms with Gasteiger partial charge in [-0.2, -0.15) is 4.40 Å². The van der Waals surface area contributed by atoms with Gasteiger partial charge in [-0.05, 0) is 96.8 Å². The van der Waals surface area contributed by atoms with Crippen LogP contribution in [0.2, 0.25) is 0 Å². The summed E-state index contributed by atoms with van der Waals surface area (Å²) in [6, 6.07) is 6.83. The number of piperidine rings is 1. The molecule has 31 heavy (non-hydrogen) atoms. The van der Waals surface area contributed by atoms with Crippen molar-refractivity contribution in [1.82, 2.24) is 4.90 Å². The molecular weight excluding hydrogens is 408 g/mol. The number of fused-ring (bicyclic) bond motifs is 1. The lowest BCUT2D eigenvalue weighted by atomic mass is 9.74. The lowest BCUT2D eigenvalue weighted by molar-refractivity contribution is 0.0159. The molecule has 1 saturated carbocycles. The molecule has 3 aliphatic rings. The molecule has 1 amide bonds. The summed E-state index contributed by atoms with van der Waals surface area (Å²) in [7, 11) is -1.31. The predicted octanol–water partition coefficient (Wildman–Crippen LogP) is 5.39. The van der Waals surface area contributed by atoms with Gasteiger partial charge in [0.25, 0.3) is 0 Å². The second kappa shape index (κ2) is 7.72. The Hall–Kier alpha value is -1.69. The summed E-state index contributed by atoms with van der Waals surface area (Å²) >= 11 is 0. The van der Waals surface area contributed by atoms with E-state index in [4.69, 9.17) is 9.13 Å². The molecule has 6 heteroatoms. The van der Waals surface area contributed by atoms with Gasteiger partial charge in [-0.15, -0.1) is 0 Å². The Balaban J connectivity index is 1.63. The zero-order chi connectivity index (χ0) is 22.6. The molecule has 1 aliphatic heterocycles. The molecule has 170 valence electrons. The van der Waals surface area contributed by atoms with E-state index in [1.165, 1.54) is 29.5 Å². The molecule has 5 nitrogen and oxygen atoms in total. The van der Waals surface area contributed by atoms with Gasteiger partial charge in [0.05, 0.1) is 10.5 Å². The van der Waals surface area contributed by atoms with Crippen molar-refractivity contribution in [2.24, 2.45) is 9.81 Å². The van der Waals surface area contributed by atoms with Crippen LogP contribution in [0.4, 0.5) is 4.79 Å². The standard InChI is InChI=1S/C25H36N2O3S/c1-23(2,3)30-22(28)27-13-11-25(12-14-27)16-19-10-9-18(17-7-8-17)15-20(19)21(25)26-31(29)24(4,5)6/h9-10,15,17H,7-8,11-14,16H2,1-6H3/b26-21+/t31-/m1/s1. The number of rotatable bonds is 2. The maximum absolute atomic E-state index is 13.1. The van der Waals surface area contributed by atoms with Crippen molar-refractivity contribution in [2.45, 2.75) is 89.9 Å². The van der Waals surface area contributed by atoms with Crippen molar-refractivity contribution in [3.8, 4) is 0 Å². The summed E-state index contributed by atoms with van der Waals surface area (Å²) in [6.45, 7) is 12.9. The summed E-state index contributed by atoms with van der Waals surface area (Å²) in [6.07, 6.45) is 4.82. The Bertz CT molecular complexity index is 927. The first kappa shape index (κ1) is 22.5. The molecule has 1 heterocycles. The number of benzene rings is 1. The second-order valence-corrected chi connectivity index (χ2v) is 13.3. The number of carbonyl (C=O) groups is 1. The van der Waals surface area contributed by atoms with E-state index in [2.05, 4.69) is 18.2 Å². The zero-order valence-corrected chi connectivity index (χ0v) is 20.6. The summed E-state index contributed by atoms with van der Waals surface area (Å²) in [5.41, 5.74) is 4.24. The van der Waals surface area contributed by atoms with Crippen LogP contribution in [0.5, 0.6) is 0 Å². The minimum atomic E-state index is -1.31. The Labute approximate surface area is 189 Å². The van der Waals surface area contributed by atoms with E-state index in [-0.39, 0.29) is 11.5 Å². The zero-order valence-electron chi connectivity index (χ0n) is 19.8. The van der Waals surface area contributed by atoms with Crippen molar-refractivity contribution in [3.05, 3.63) is 34.9 Å². The van der Waals surface area contributed by atoms with E-state index >= 15 is 0 Å². The lowest BCUT2D eigenvalue weighted by Gasteiger charge is -2.40. The summed E-state index contributed by atoms with van der Waals surface area (Å²) in [4.78, 5) is 14.4. The largest absolute Gasteiger partial charge is 0.444 e. The fourth-order valence-electron chi connectivity index (χ4n) is 4.60. The van der Waals surface area contributed by atoms with Gasteiger partial charge in [0.2, 0.25) is 0 Å². The maximum atomic E-state index is 13.1. The molecule has 0 aromatic heterocycles. The summed E-state index contributed by atoms with van der Waals surface area (Å²) in [5.74, 6) is 0.672. The normalized spacial score (nSPS) is 23.2. The first-order chi connectivity index (χ1) is 14.4. The maximum Gasteiger partial charge on any atom is 0.410 e. The fourth-order valence-corrected chi connectivity index (χ4v) is 5.33. The summed E-state index contributed by atoms with van der Waals surface area (Å²) < 4.78 is 23.1. The highest BCUT2D eigenvalue weighted by atomic mass is 32.2. The third-order valence-electron chi connectivity index (χ3n) is 6.54. The van der Waals surface area contributed by atoms with E-state index in [9.17, 15) is 9.00 Å². The molecule has 0 bridgehead atoms. The molecular formula is C25H36N2O3S. The van der Waals surface area contributed by atoms with E-state index in [0.717, 1.165) is 25.0 Å². The molecule has 1 spiro atoms. The van der Waals surface area contributed by atoms with Crippen molar-refractivity contribution in [2.75, 3.05) is 13.1 Å². The molecule has 1 aromatic rings. The van der Waals surface area contributed by atoms with Crippen LogP contribution in [0.3, 0.4) is 0 Å². The van der Waals surface area contributed by atoms with Crippen LogP contribution in [-0.2, 0) is 22.1 Å². The monoisotopic (exact) mass is 444 g/mol. The SMILES string of the molecule is CC(C)(C)OC(=O)N1CCC2(CC1)Cc1ccc(C3CC3)cc1/C2=N\[S@](=O)C(C)(C)C. The van der Waals surface area contributed by atoms with E-state index in [1.807, 2.05) is 46.4 Å². The quantitative estimate of drug-likeness (QED) is 0.614. The van der Waals surface area contributed by atoms with Gasteiger partial charge in [0.1, 0.15) is 16.6 Å². The average molecular weight is 445 g/mol. The molecule has 1 atom stereocenters. The highest BCUT2D eigenvalue weighted by Gasteiger charge is 2.47. The molecule has 4 rings (SSSR count). The van der Waals surface area contributed by atoms with Gasteiger partial charge >= 0.3 is 6.09 Å². The number of amides is 1. The highest BCUT2D eigenvalue weighted by molar-refractivity contribution is 7.85. The Morgan fingerprint density at radius 2 is 1.77 bits per heavy atom. The van der Waals surface area contributed by atoms with Crippen LogP contribution in [0.1, 0.15) is 89.8 Å². The van der Waals surface area contributed by atoms with E-state index < -0.39 is 21.3 Å². The van der Waals surface area contributed by atoms with E-state index in [1.54, 1.807) is 0 Å². The average Bonchev–Trinajstić information content (AvgIpc) is 3.46. The van der Waals surface area contributed by atoms with E-state index in [0.29, 0.717) is 19.0 Å². The van der Waals surface area contributed by atoms with Gasteiger partial charge in [-0.1, -0.05) is 12.1 Å². The molecule has 2 fully saturated rings. The third-order valence-corrected chi connectivity index (χ3v) is 7.94. The topological polar surface area (TPSA) is 59.0 Å². The van der Waals surface area contributed by atoms with Crippen molar-refractivity contribution >= 4 is 22.8 Å². The van der Waals surface area contributed by atoms with Crippen molar-refractivity contribution in [3.63, 3.8) is 0 Å². The fraction of sp³-hybridized carbons (Fsp3) is 0.680. The van der Waals surface area contributed by atoms with Gasteiger partial charge in [-0.3, -0.25) is 0 Å². The number of hydrogen-bond acceptors (Lipinski definition) is 3. The first-order valence-electron chi connectivity index (χ1n) is 11.5. The van der Waals surface area contributed by atoms with Gasteiger partial charge in [0.15, 0.2) is 0 Å². The lowest BCUT2D eigenvalue weighted by Crippen LogP contribution is -2.47. The number of likely N-dealkylation sites (tertiary alicyclic amines) is 1. The molecule has 0 radical (unpaired) electrons. The van der Waals surface area contributed by atoms with Crippen molar-refractivity contribution in [1.29, 1.82) is 0 Å². The van der Waals surface area contributed by atoms with Gasteiger partial charge in [0, 0.05) is 24.1 Å². The Morgan fingerprint density at radius 1 is 1.13 bits per heavy atom. The number of nitrogens with zero attached hydrogens (tertiary/aromatic N) is 2. The van der Waals surface area contributed by atoms with Crippen LogP contribution in [0.25, 0.3) is 0 Å². The van der Waals surface area contributed by atoms with Crippen LogP contribution in [-0.4, -0.2) is 44.4 Å². The van der Waals surface area contributed by atoms with Crippen LogP contribution in [0.15, 0.2) is 22.6 Å². The molecule has 1 aromatic carbocycles. The Morgan fingerprint density at radius 3 is 2.32 bits per heavy atom. The van der Waals surface area contributed by atoms with Crippen LogP contribution >= 0.6 is 0 Å². The Kier molecular flexibility index (Phi) is 5.60. The van der Waals surface area contributed by atoms with Gasteiger partial charge < -0.3 is 9.64 Å². The third kappa shape index (κ3) is 4.74. The molecule has 0 unspecified atom stereocenters. The smallest absolute Gasteiger partial charge is 0.410 e. The molecule has 2 aliphatic carbocycles. The number of hydrogen-bond donors (Lipinski definition) is 0.